The van der Waals surface area contributed by atoms with Gasteiger partial charge in [-0.2, -0.15) is 0 Å². The molecule has 7 nitrogen and oxygen atoms in total. The molecule has 0 heterocycles. The summed E-state index contributed by atoms with van der Waals surface area (Å²) < 4.78 is 10.5. The Hall–Kier alpha value is -1.71. The average molecular weight is 478 g/mol. The van der Waals surface area contributed by atoms with Crippen LogP contribution in [0, 0.1) is 0 Å². The Morgan fingerprint density at radius 3 is 2.31 bits per heavy atom. The van der Waals surface area contributed by atoms with Crippen molar-refractivity contribution in [2.24, 2.45) is 4.99 Å². The topological polar surface area (TPSA) is 84.0 Å². The van der Waals surface area contributed by atoms with Crippen molar-refractivity contribution in [2.45, 2.75) is 32.7 Å². The Bertz CT molecular complexity index is 601. The van der Waals surface area contributed by atoms with E-state index < -0.39 is 0 Å². The Balaban J connectivity index is 0.00000625. The highest BCUT2D eigenvalue weighted by Gasteiger charge is 2.13. The number of carbonyl (C=O) groups is 1. The molecule has 0 spiro atoms. The zero-order valence-electron chi connectivity index (χ0n) is 16.4. The molecular weight excluding hydrogens is 447 g/mol. The minimum absolute atomic E-state index is 0. The van der Waals surface area contributed by atoms with Gasteiger partial charge in [-0.1, -0.05) is 6.07 Å². The molecule has 0 atom stereocenters. The summed E-state index contributed by atoms with van der Waals surface area (Å²) in [5.41, 5.74) is 0.870. The van der Waals surface area contributed by atoms with E-state index in [9.17, 15) is 4.79 Å². The number of nitrogens with one attached hydrogen (secondary N) is 3. The number of nitrogens with zero attached hydrogens (tertiary/aromatic N) is 1. The second-order valence-corrected chi connectivity index (χ2v) is 6.59. The molecule has 0 aliphatic heterocycles. The molecular formula is C18H31IN4O3. The number of hydrogen-bond acceptors (Lipinski definition) is 4. The highest BCUT2D eigenvalue weighted by atomic mass is 127. The number of rotatable bonds is 7. The van der Waals surface area contributed by atoms with Gasteiger partial charge in [0.05, 0.1) is 20.8 Å². The lowest BCUT2D eigenvalue weighted by molar-refractivity contribution is -0.121. The maximum absolute atomic E-state index is 11.8. The van der Waals surface area contributed by atoms with E-state index in [1.807, 2.05) is 39.0 Å². The van der Waals surface area contributed by atoms with Crippen molar-refractivity contribution in [3.63, 3.8) is 0 Å². The molecule has 0 fully saturated rings. The second kappa shape index (κ2) is 11.8. The van der Waals surface area contributed by atoms with Crippen LogP contribution in [0.25, 0.3) is 0 Å². The summed E-state index contributed by atoms with van der Waals surface area (Å²) in [7, 11) is 4.91. The maximum atomic E-state index is 11.8. The molecule has 0 unspecified atom stereocenters. The predicted molar refractivity (Wildman–Crippen MR) is 116 cm³/mol. The smallest absolute Gasteiger partial charge is 0.239 e. The van der Waals surface area contributed by atoms with E-state index in [1.165, 1.54) is 0 Å². The van der Waals surface area contributed by atoms with Crippen molar-refractivity contribution >= 4 is 35.8 Å². The number of methoxy groups -OCH3 is 2. The number of carbonyl (C=O) groups excluding carboxylic acids is 1. The molecule has 8 heteroatoms. The molecule has 0 saturated heterocycles. The molecule has 3 N–H and O–H groups in total. The summed E-state index contributed by atoms with van der Waals surface area (Å²) in [6.45, 7) is 6.69. The third-order valence-corrected chi connectivity index (χ3v) is 3.31. The van der Waals surface area contributed by atoms with Crippen molar-refractivity contribution in [3.8, 4) is 11.5 Å². The molecule has 0 aliphatic rings. The van der Waals surface area contributed by atoms with Gasteiger partial charge in [-0.3, -0.25) is 9.79 Å². The number of guanidine groups is 1. The first-order chi connectivity index (χ1) is 11.8. The van der Waals surface area contributed by atoms with E-state index in [0.717, 1.165) is 12.0 Å². The zero-order valence-corrected chi connectivity index (χ0v) is 18.8. The van der Waals surface area contributed by atoms with Crippen LogP contribution in [-0.2, 0) is 11.2 Å². The average Bonchev–Trinajstić information content (AvgIpc) is 2.56. The van der Waals surface area contributed by atoms with Crippen LogP contribution in [0.15, 0.2) is 23.2 Å². The summed E-state index contributed by atoms with van der Waals surface area (Å²) in [5.74, 6) is 1.93. The summed E-state index contributed by atoms with van der Waals surface area (Å²) in [6, 6.07) is 5.83. The molecule has 0 aliphatic carbocycles. The summed E-state index contributed by atoms with van der Waals surface area (Å²) >= 11 is 0. The Morgan fingerprint density at radius 1 is 1.12 bits per heavy atom. The van der Waals surface area contributed by atoms with E-state index >= 15 is 0 Å². The van der Waals surface area contributed by atoms with E-state index in [4.69, 9.17) is 9.47 Å². The molecule has 26 heavy (non-hydrogen) atoms. The third-order valence-electron chi connectivity index (χ3n) is 3.31. The van der Waals surface area contributed by atoms with Gasteiger partial charge in [0, 0.05) is 19.1 Å². The van der Waals surface area contributed by atoms with Gasteiger partial charge in [0.1, 0.15) is 0 Å². The molecule has 0 saturated carbocycles. The number of halogens is 1. The van der Waals surface area contributed by atoms with Gasteiger partial charge in [-0.05, 0) is 44.9 Å². The number of amides is 1. The number of hydrogen-bond donors (Lipinski definition) is 3. The van der Waals surface area contributed by atoms with Crippen LogP contribution in [0.5, 0.6) is 11.5 Å². The van der Waals surface area contributed by atoms with Gasteiger partial charge < -0.3 is 25.4 Å². The first-order valence-electron chi connectivity index (χ1n) is 8.25. The number of aliphatic imine (C=N–C) groups is 1. The van der Waals surface area contributed by atoms with Gasteiger partial charge in [-0.15, -0.1) is 24.0 Å². The highest BCUT2D eigenvalue weighted by Crippen LogP contribution is 2.27. The maximum Gasteiger partial charge on any atom is 0.239 e. The number of ether oxygens (including phenoxy) is 2. The molecule has 148 valence electrons. The molecule has 1 aromatic rings. The van der Waals surface area contributed by atoms with E-state index in [2.05, 4.69) is 20.9 Å². The first kappa shape index (κ1) is 24.3. The lowest BCUT2D eigenvalue weighted by Gasteiger charge is -2.21. The van der Waals surface area contributed by atoms with Crippen LogP contribution in [-0.4, -0.2) is 51.8 Å². The van der Waals surface area contributed by atoms with Crippen molar-refractivity contribution in [1.82, 2.24) is 16.0 Å². The SMILES string of the molecule is CN=C(NCCc1ccc(OC)c(OC)c1)NCC(=O)NC(C)(C)C.I. The van der Waals surface area contributed by atoms with Crippen molar-refractivity contribution < 1.29 is 14.3 Å². The Labute approximate surface area is 173 Å². The van der Waals surface area contributed by atoms with Crippen LogP contribution in [0.1, 0.15) is 26.3 Å². The zero-order chi connectivity index (χ0) is 18.9. The fourth-order valence-corrected chi connectivity index (χ4v) is 2.21. The van der Waals surface area contributed by atoms with Crippen LogP contribution < -0.4 is 25.4 Å². The van der Waals surface area contributed by atoms with Crippen LogP contribution in [0.3, 0.4) is 0 Å². The monoisotopic (exact) mass is 478 g/mol. The fourth-order valence-electron chi connectivity index (χ4n) is 2.21. The lowest BCUT2D eigenvalue weighted by Crippen LogP contribution is -2.48. The van der Waals surface area contributed by atoms with E-state index in [1.54, 1.807) is 21.3 Å². The van der Waals surface area contributed by atoms with Gasteiger partial charge >= 0.3 is 0 Å². The van der Waals surface area contributed by atoms with Crippen molar-refractivity contribution in [2.75, 3.05) is 34.4 Å². The molecule has 0 aromatic heterocycles. The Morgan fingerprint density at radius 2 is 1.77 bits per heavy atom. The minimum atomic E-state index is -0.247. The quantitative estimate of drug-likeness (QED) is 0.317. The summed E-state index contributed by atoms with van der Waals surface area (Å²) in [4.78, 5) is 15.9. The van der Waals surface area contributed by atoms with Crippen LogP contribution in [0.4, 0.5) is 0 Å². The van der Waals surface area contributed by atoms with Gasteiger partial charge in [0.25, 0.3) is 0 Å². The lowest BCUT2D eigenvalue weighted by atomic mass is 10.1. The third kappa shape index (κ3) is 9.12. The molecule has 0 radical (unpaired) electrons. The van der Waals surface area contributed by atoms with E-state index in [-0.39, 0.29) is 42.0 Å². The predicted octanol–water partition coefficient (Wildman–Crippen LogP) is 1.94. The standard InChI is InChI=1S/C18H30N4O3.HI/c1-18(2,3)22-16(23)12-21-17(19-4)20-10-9-13-7-8-14(24-5)15(11-13)25-6;/h7-8,11H,9-10,12H2,1-6H3,(H,22,23)(H2,19,20,21);1H. The first-order valence-corrected chi connectivity index (χ1v) is 8.25. The highest BCUT2D eigenvalue weighted by molar-refractivity contribution is 14.0. The number of benzene rings is 1. The van der Waals surface area contributed by atoms with Crippen LogP contribution in [0.2, 0.25) is 0 Å². The van der Waals surface area contributed by atoms with Gasteiger partial charge in [0.2, 0.25) is 5.91 Å². The Kier molecular flexibility index (Phi) is 11.0. The van der Waals surface area contributed by atoms with Gasteiger partial charge in [0.15, 0.2) is 17.5 Å². The van der Waals surface area contributed by atoms with Crippen molar-refractivity contribution in [1.29, 1.82) is 0 Å². The summed E-state index contributed by atoms with van der Waals surface area (Å²) in [5, 5.41) is 9.08. The summed E-state index contributed by atoms with van der Waals surface area (Å²) in [6.07, 6.45) is 0.787. The fraction of sp³-hybridized carbons (Fsp3) is 0.556. The normalized spacial score (nSPS) is 11.2. The molecule has 1 amide bonds. The second-order valence-electron chi connectivity index (χ2n) is 6.59. The van der Waals surface area contributed by atoms with Gasteiger partial charge in [-0.25, -0.2) is 0 Å². The molecule has 1 aromatic carbocycles. The van der Waals surface area contributed by atoms with Crippen LogP contribution >= 0.6 is 24.0 Å². The molecule has 1 rings (SSSR count). The van der Waals surface area contributed by atoms with Crippen molar-refractivity contribution in [3.05, 3.63) is 23.8 Å². The van der Waals surface area contributed by atoms with E-state index in [0.29, 0.717) is 24.0 Å². The molecule has 0 bridgehead atoms. The largest absolute Gasteiger partial charge is 0.493 e. The minimum Gasteiger partial charge on any atom is -0.493 e.